The summed E-state index contributed by atoms with van der Waals surface area (Å²) in [6, 6.07) is 5.23. The van der Waals surface area contributed by atoms with Crippen LogP contribution in [0.2, 0.25) is 10.0 Å². The molecule has 0 heterocycles. The molecule has 0 aliphatic heterocycles. The monoisotopic (exact) mass is 331 g/mol. The van der Waals surface area contributed by atoms with Crippen molar-refractivity contribution in [2.45, 2.75) is 32.3 Å². The van der Waals surface area contributed by atoms with Crippen LogP contribution in [0.25, 0.3) is 0 Å². The molecule has 21 heavy (non-hydrogen) atoms. The van der Waals surface area contributed by atoms with Crippen LogP contribution in [0.15, 0.2) is 18.2 Å². The van der Waals surface area contributed by atoms with Crippen molar-refractivity contribution in [2.75, 3.05) is 26.2 Å². The van der Waals surface area contributed by atoms with Gasteiger partial charge in [-0.2, -0.15) is 0 Å². The predicted molar refractivity (Wildman–Crippen MR) is 87.4 cm³/mol. The van der Waals surface area contributed by atoms with Crippen LogP contribution in [0.3, 0.4) is 0 Å². The standard InChI is InChI=1S/C16H23Cl2NO2/c1-2-8-19(9-12-6-7-12)10-13(20)11-21-16-14(17)4-3-5-15(16)18/h3-5,12-13,20H,2,6-11H2,1H3/t13-/m0/s1. The summed E-state index contributed by atoms with van der Waals surface area (Å²) in [4.78, 5) is 2.32. The van der Waals surface area contributed by atoms with Crippen molar-refractivity contribution < 1.29 is 9.84 Å². The Labute approximate surface area is 136 Å². The molecule has 0 saturated heterocycles. The summed E-state index contributed by atoms with van der Waals surface area (Å²) in [6.45, 7) is 5.09. The minimum absolute atomic E-state index is 0.203. The second-order valence-corrected chi connectivity index (χ2v) is 6.53. The SMILES string of the molecule is CCCN(CC1CC1)C[C@H](O)COc1c(Cl)cccc1Cl. The Hall–Kier alpha value is -0.480. The molecule has 1 aliphatic rings. The molecule has 1 aliphatic carbocycles. The van der Waals surface area contributed by atoms with E-state index in [0.717, 1.165) is 25.4 Å². The van der Waals surface area contributed by atoms with Gasteiger partial charge in [-0.15, -0.1) is 0 Å². The lowest BCUT2D eigenvalue weighted by Gasteiger charge is -2.24. The summed E-state index contributed by atoms with van der Waals surface area (Å²) in [5.41, 5.74) is 0. The fourth-order valence-corrected chi connectivity index (χ4v) is 2.90. The predicted octanol–water partition coefficient (Wildman–Crippen LogP) is 3.86. The molecule has 5 heteroatoms. The molecule has 118 valence electrons. The molecule has 0 aromatic heterocycles. The average molecular weight is 332 g/mol. The van der Waals surface area contributed by atoms with Gasteiger partial charge in [0, 0.05) is 13.1 Å². The smallest absolute Gasteiger partial charge is 0.156 e. The zero-order valence-electron chi connectivity index (χ0n) is 12.4. The van der Waals surface area contributed by atoms with Crippen LogP contribution < -0.4 is 4.74 Å². The fourth-order valence-electron chi connectivity index (χ4n) is 2.39. The molecule has 0 unspecified atom stereocenters. The molecule has 1 atom stereocenters. The Kier molecular flexibility index (Phi) is 6.62. The molecule has 1 aromatic carbocycles. The van der Waals surface area contributed by atoms with Gasteiger partial charge in [0.05, 0.1) is 10.0 Å². The molecule has 2 rings (SSSR count). The number of ether oxygens (including phenoxy) is 1. The highest BCUT2D eigenvalue weighted by molar-refractivity contribution is 6.37. The molecule has 1 fully saturated rings. The molecular formula is C16H23Cl2NO2. The summed E-state index contributed by atoms with van der Waals surface area (Å²) < 4.78 is 5.59. The molecule has 0 spiro atoms. The fraction of sp³-hybridized carbons (Fsp3) is 0.625. The lowest BCUT2D eigenvalue weighted by atomic mass is 10.2. The first-order valence-corrected chi connectivity index (χ1v) is 8.33. The summed E-state index contributed by atoms with van der Waals surface area (Å²) in [7, 11) is 0. The normalized spacial score (nSPS) is 16.2. The Bertz CT molecular complexity index is 432. The van der Waals surface area contributed by atoms with Crippen LogP contribution in [0.4, 0.5) is 0 Å². The van der Waals surface area contributed by atoms with E-state index in [1.807, 2.05) is 0 Å². The van der Waals surface area contributed by atoms with Gasteiger partial charge in [0.2, 0.25) is 0 Å². The van der Waals surface area contributed by atoms with E-state index in [-0.39, 0.29) is 6.61 Å². The Morgan fingerprint density at radius 1 is 1.33 bits per heavy atom. The number of aliphatic hydroxyl groups excluding tert-OH is 1. The van der Waals surface area contributed by atoms with Gasteiger partial charge in [0.1, 0.15) is 12.7 Å². The Morgan fingerprint density at radius 3 is 2.57 bits per heavy atom. The zero-order valence-corrected chi connectivity index (χ0v) is 13.9. The van der Waals surface area contributed by atoms with Gasteiger partial charge in [-0.1, -0.05) is 36.2 Å². The highest BCUT2D eigenvalue weighted by Gasteiger charge is 2.25. The Balaban J connectivity index is 1.81. The number of para-hydroxylation sites is 1. The maximum atomic E-state index is 10.2. The average Bonchev–Trinajstić information content (AvgIpc) is 3.22. The van der Waals surface area contributed by atoms with Crippen molar-refractivity contribution in [1.29, 1.82) is 0 Å². The Morgan fingerprint density at radius 2 is 2.00 bits per heavy atom. The topological polar surface area (TPSA) is 32.7 Å². The first-order chi connectivity index (χ1) is 10.1. The third kappa shape index (κ3) is 5.67. The van der Waals surface area contributed by atoms with Crippen molar-refractivity contribution in [3.05, 3.63) is 28.2 Å². The molecular weight excluding hydrogens is 309 g/mol. The highest BCUT2D eigenvalue weighted by atomic mass is 35.5. The van der Waals surface area contributed by atoms with Crippen molar-refractivity contribution in [3.8, 4) is 5.75 Å². The van der Waals surface area contributed by atoms with Crippen LogP contribution in [0.1, 0.15) is 26.2 Å². The van der Waals surface area contributed by atoms with Crippen molar-refractivity contribution >= 4 is 23.2 Å². The van der Waals surface area contributed by atoms with Crippen LogP contribution in [0, 0.1) is 5.92 Å². The van der Waals surface area contributed by atoms with Crippen molar-refractivity contribution in [3.63, 3.8) is 0 Å². The van der Waals surface area contributed by atoms with E-state index in [9.17, 15) is 5.11 Å². The summed E-state index contributed by atoms with van der Waals surface area (Å²) in [6.07, 6.45) is 3.20. The number of nitrogens with zero attached hydrogens (tertiary/aromatic N) is 1. The summed E-state index contributed by atoms with van der Waals surface area (Å²) >= 11 is 12.1. The molecule has 0 amide bonds. The molecule has 0 bridgehead atoms. The second kappa shape index (κ2) is 8.23. The van der Waals surface area contributed by atoms with Crippen LogP contribution in [-0.4, -0.2) is 42.4 Å². The molecule has 1 N–H and O–H groups in total. The number of hydrogen-bond donors (Lipinski definition) is 1. The van der Waals surface area contributed by atoms with Crippen LogP contribution in [0.5, 0.6) is 5.75 Å². The summed E-state index contributed by atoms with van der Waals surface area (Å²) in [5.74, 6) is 1.27. The van der Waals surface area contributed by atoms with E-state index in [1.54, 1.807) is 18.2 Å². The molecule has 0 radical (unpaired) electrons. The highest BCUT2D eigenvalue weighted by Crippen LogP contribution is 2.32. The lowest BCUT2D eigenvalue weighted by molar-refractivity contribution is 0.0666. The zero-order chi connectivity index (χ0) is 15.2. The third-order valence-electron chi connectivity index (χ3n) is 3.56. The van der Waals surface area contributed by atoms with Gasteiger partial charge in [0.25, 0.3) is 0 Å². The minimum Gasteiger partial charge on any atom is -0.488 e. The number of benzene rings is 1. The van der Waals surface area contributed by atoms with Gasteiger partial charge >= 0.3 is 0 Å². The second-order valence-electron chi connectivity index (χ2n) is 5.72. The third-order valence-corrected chi connectivity index (χ3v) is 4.16. The van der Waals surface area contributed by atoms with E-state index >= 15 is 0 Å². The van der Waals surface area contributed by atoms with E-state index < -0.39 is 6.10 Å². The number of aliphatic hydroxyl groups is 1. The minimum atomic E-state index is -0.539. The first kappa shape index (κ1) is 16.9. The van der Waals surface area contributed by atoms with Crippen LogP contribution in [-0.2, 0) is 0 Å². The first-order valence-electron chi connectivity index (χ1n) is 7.57. The maximum absolute atomic E-state index is 10.2. The van der Waals surface area contributed by atoms with Gasteiger partial charge in [-0.05, 0) is 43.9 Å². The lowest BCUT2D eigenvalue weighted by Crippen LogP contribution is -2.37. The molecule has 1 saturated carbocycles. The number of halogens is 2. The largest absolute Gasteiger partial charge is 0.488 e. The van der Waals surface area contributed by atoms with Crippen molar-refractivity contribution in [1.82, 2.24) is 4.90 Å². The van der Waals surface area contributed by atoms with Gasteiger partial charge < -0.3 is 14.7 Å². The molecule has 1 aromatic rings. The van der Waals surface area contributed by atoms with E-state index in [4.69, 9.17) is 27.9 Å². The van der Waals surface area contributed by atoms with E-state index in [0.29, 0.717) is 22.3 Å². The van der Waals surface area contributed by atoms with E-state index in [2.05, 4.69) is 11.8 Å². The quantitative estimate of drug-likeness (QED) is 0.745. The summed E-state index contributed by atoms with van der Waals surface area (Å²) in [5, 5.41) is 11.1. The van der Waals surface area contributed by atoms with Gasteiger partial charge in [-0.3, -0.25) is 0 Å². The molecule has 3 nitrogen and oxygen atoms in total. The van der Waals surface area contributed by atoms with Crippen LogP contribution >= 0.6 is 23.2 Å². The van der Waals surface area contributed by atoms with Gasteiger partial charge in [-0.25, -0.2) is 0 Å². The van der Waals surface area contributed by atoms with Crippen molar-refractivity contribution in [2.24, 2.45) is 5.92 Å². The van der Waals surface area contributed by atoms with E-state index in [1.165, 1.54) is 12.8 Å². The van der Waals surface area contributed by atoms with Gasteiger partial charge in [0.15, 0.2) is 5.75 Å². The number of hydrogen-bond acceptors (Lipinski definition) is 3. The maximum Gasteiger partial charge on any atom is 0.156 e. The number of rotatable bonds is 9.